The monoisotopic (exact) mass is 273 g/mol. The van der Waals surface area contributed by atoms with E-state index in [1.54, 1.807) is 7.11 Å². The summed E-state index contributed by atoms with van der Waals surface area (Å²) in [6, 6.07) is 11.4. The molecule has 1 amide bonds. The predicted molar refractivity (Wildman–Crippen MR) is 80.4 cm³/mol. The van der Waals surface area contributed by atoms with Crippen molar-refractivity contribution >= 4 is 22.6 Å². The Hall–Kier alpha value is -2.23. The maximum absolute atomic E-state index is 11.9. The van der Waals surface area contributed by atoms with Gasteiger partial charge in [0, 0.05) is 5.39 Å². The molecule has 0 unspecified atom stereocenters. The van der Waals surface area contributed by atoms with Crippen molar-refractivity contribution in [2.24, 2.45) is 0 Å². The van der Waals surface area contributed by atoms with E-state index >= 15 is 0 Å². The first-order chi connectivity index (χ1) is 9.39. The fraction of sp³-hybridized carbons (Fsp3) is 0.312. The average molecular weight is 273 g/mol. The van der Waals surface area contributed by atoms with E-state index in [0.29, 0.717) is 5.69 Å². The Balaban J connectivity index is 2.32. The van der Waals surface area contributed by atoms with Gasteiger partial charge in [-0.25, -0.2) is 4.79 Å². The lowest BCUT2D eigenvalue weighted by molar-refractivity contribution is 0.0636. The molecule has 0 saturated carbocycles. The summed E-state index contributed by atoms with van der Waals surface area (Å²) in [5, 5.41) is 4.72. The fourth-order valence-corrected chi connectivity index (χ4v) is 1.90. The van der Waals surface area contributed by atoms with Crippen molar-refractivity contribution in [3.63, 3.8) is 0 Å². The smallest absolute Gasteiger partial charge is 0.412 e. The molecule has 0 spiro atoms. The van der Waals surface area contributed by atoms with Gasteiger partial charge in [-0.3, -0.25) is 5.32 Å². The minimum atomic E-state index is -0.521. The van der Waals surface area contributed by atoms with Crippen LogP contribution in [0.25, 0.3) is 10.8 Å². The first-order valence-corrected chi connectivity index (χ1v) is 6.46. The molecule has 0 saturated heterocycles. The normalized spacial score (nSPS) is 11.2. The van der Waals surface area contributed by atoms with Crippen LogP contribution < -0.4 is 10.1 Å². The quantitative estimate of drug-likeness (QED) is 0.892. The fourth-order valence-electron chi connectivity index (χ4n) is 1.90. The number of hydrogen-bond donors (Lipinski definition) is 1. The number of carbonyl (C=O) groups is 1. The summed E-state index contributed by atoms with van der Waals surface area (Å²) in [4.78, 5) is 11.9. The summed E-state index contributed by atoms with van der Waals surface area (Å²) < 4.78 is 10.5. The summed E-state index contributed by atoms with van der Waals surface area (Å²) in [7, 11) is 1.62. The Kier molecular flexibility index (Phi) is 3.84. The van der Waals surface area contributed by atoms with Crippen molar-refractivity contribution in [3.05, 3.63) is 36.4 Å². The number of benzene rings is 2. The Morgan fingerprint density at radius 3 is 2.55 bits per heavy atom. The number of fused-ring (bicyclic) bond motifs is 1. The standard InChI is InChI=1S/C16H19NO3/c1-16(2,3)20-15(18)17-14-7-5-6-11-8-9-12(19-4)10-13(11)14/h5-10H,1-4H3,(H,17,18). The van der Waals surface area contributed by atoms with E-state index in [2.05, 4.69) is 5.32 Å². The Morgan fingerprint density at radius 1 is 1.15 bits per heavy atom. The number of ether oxygens (including phenoxy) is 2. The molecule has 4 nitrogen and oxygen atoms in total. The van der Waals surface area contributed by atoms with Crippen LogP contribution >= 0.6 is 0 Å². The molecule has 0 radical (unpaired) electrons. The number of anilines is 1. The Morgan fingerprint density at radius 2 is 1.90 bits per heavy atom. The average Bonchev–Trinajstić information content (AvgIpc) is 2.36. The zero-order valence-corrected chi connectivity index (χ0v) is 12.2. The highest BCUT2D eigenvalue weighted by Crippen LogP contribution is 2.27. The lowest BCUT2D eigenvalue weighted by Gasteiger charge is -2.20. The molecule has 0 aromatic heterocycles. The summed E-state index contributed by atoms with van der Waals surface area (Å²) in [6.45, 7) is 5.50. The van der Waals surface area contributed by atoms with Crippen LogP contribution in [0, 0.1) is 0 Å². The van der Waals surface area contributed by atoms with Crippen LogP contribution in [0.4, 0.5) is 10.5 Å². The largest absolute Gasteiger partial charge is 0.497 e. The van der Waals surface area contributed by atoms with Crippen molar-refractivity contribution in [1.82, 2.24) is 0 Å². The third-order valence-electron chi connectivity index (χ3n) is 2.72. The van der Waals surface area contributed by atoms with Crippen molar-refractivity contribution in [3.8, 4) is 5.75 Å². The molecule has 0 aliphatic heterocycles. The van der Waals surface area contributed by atoms with E-state index in [0.717, 1.165) is 16.5 Å². The number of carbonyl (C=O) groups excluding carboxylic acids is 1. The lowest BCUT2D eigenvalue weighted by atomic mass is 10.1. The van der Waals surface area contributed by atoms with Crippen LogP contribution in [0.2, 0.25) is 0 Å². The Labute approximate surface area is 118 Å². The van der Waals surface area contributed by atoms with Gasteiger partial charge in [-0.15, -0.1) is 0 Å². The number of hydrogen-bond acceptors (Lipinski definition) is 3. The van der Waals surface area contributed by atoms with Gasteiger partial charge in [0.1, 0.15) is 11.4 Å². The SMILES string of the molecule is COc1ccc2cccc(NC(=O)OC(C)(C)C)c2c1. The molecule has 0 atom stereocenters. The predicted octanol–water partition coefficient (Wildman–Crippen LogP) is 4.20. The van der Waals surface area contributed by atoms with Gasteiger partial charge in [0.05, 0.1) is 12.8 Å². The maximum atomic E-state index is 11.9. The molecule has 20 heavy (non-hydrogen) atoms. The first kappa shape index (κ1) is 14.2. The zero-order chi connectivity index (χ0) is 14.8. The van der Waals surface area contributed by atoms with E-state index in [1.807, 2.05) is 57.2 Å². The molecule has 2 rings (SSSR count). The van der Waals surface area contributed by atoms with Gasteiger partial charge in [0.2, 0.25) is 0 Å². The van der Waals surface area contributed by atoms with Crippen molar-refractivity contribution in [2.75, 3.05) is 12.4 Å². The highest BCUT2D eigenvalue weighted by molar-refractivity contribution is 6.00. The van der Waals surface area contributed by atoms with Crippen LogP contribution in [0.1, 0.15) is 20.8 Å². The van der Waals surface area contributed by atoms with Gasteiger partial charge in [0.25, 0.3) is 0 Å². The van der Waals surface area contributed by atoms with E-state index < -0.39 is 11.7 Å². The number of rotatable bonds is 2. The second kappa shape index (κ2) is 5.41. The van der Waals surface area contributed by atoms with Crippen LogP contribution in [-0.4, -0.2) is 18.8 Å². The molecule has 106 valence electrons. The molecular formula is C16H19NO3. The number of nitrogens with one attached hydrogen (secondary N) is 1. The molecule has 2 aromatic rings. The summed E-state index contributed by atoms with van der Waals surface area (Å²) >= 11 is 0. The number of methoxy groups -OCH3 is 1. The topological polar surface area (TPSA) is 47.6 Å². The molecule has 0 aliphatic carbocycles. The van der Waals surface area contributed by atoms with Gasteiger partial charge in [-0.05, 0) is 44.4 Å². The maximum Gasteiger partial charge on any atom is 0.412 e. The molecular weight excluding hydrogens is 254 g/mol. The summed E-state index contributed by atoms with van der Waals surface area (Å²) in [6.07, 6.45) is -0.465. The van der Waals surface area contributed by atoms with Gasteiger partial charge in [-0.1, -0.05) is 18.2 Å². The third-order valence-corrected chi connectivity index (χ3v) is 2.72. The zero-order valence-electron chi connectivity index (χ0n) is 12.2. The van der Waals surface area contributed by atoms with E-state index in [1.165, 1.54) is 0 Å². The second-order valence-corrected chi connectivity index (χ2v) is 5.52. The second-order valence-electron chi connectivity index (χ2n) is 5.52. The lowest BCUT2D eigenvalue weighted by Crippen LogP contribution is -2.27. The summed E-state index contributed by atoms with van der Waals surface area (Å²) in [5.41, 5.74) is 0.183. The highest BCUT2D eigenvalue weighted by atomic mass is 16.6. The van der Waals surface area contributed by atoms with Crippen LogP contribution in [0.5, 0.6) is 5.75 Å². The van der Waals surface area contributed by atoms with Crippen molar-refractivity contribution in [1.29, 1.82) is 0 Å². The van der Waals surface area contributed by atoms with Gasteiger partial charge in [-0.2, -0.15) is 0 Å². The van der Waals surface area contributed by atoms with Crippen LogP contribution in [-0.2, 0) is 4.74 Å². The third kappa shape index (κ3) is 3.41. The molecule has 4 heteroatoms. The first-order valence-electron chi connectivity index (χ1n) is 6.46. The van der Waals surface area contributed by atoms with E-state index in [9.17, 15) is 4.79 Å². The molecule has 0 aliphatic rings. The summed E-state index contributed by atoms with van der Waals surface area (Å²) in [5.74, 6) is 0.746. The minimum Gasteiger partial charge on any atom is -0.497 e. The minimum absolute atomic E-state index is 0.465. The highest BCUT2D eigenvalue weighted by Gasteiger charge is 2.16. The Bertz CT molecular complexity index is 629. The molecule has 0 bridgehead atoms. The molecule has 1 N–H and O–H groups in total. The molecule has 0 heterocycles. The molecule has 0 fully saturated rings. The van der Waals surface area contributed by atoms with Gasteiger partial charge >= 0.3 is 6.09 Å². The van der Waals surface area contributed by atoms with Gasteiger partial charge < -0.3 is 9.47 Å². The van der Waals surface area contributed by atoms with Crippen LogP contribution in [0.15, 0.2) is 36.4 Å². The van der Waals surface area contributed by atoms with E-state index in [-0.39, 0.29) is 0 Å². The van der Waals surface area contributed by atoms with E-state index in [4.69, 9.17) is 9.47 Å². The van der Waals surface area contributed by atoms with Crippen LogP contribution in [0.3, 0.4) is 0 Å². The van der Waals surface area contributed by atoms with Gasteiger partial charge in [0.15, 0.2) is 0 Å². The van der Waals surface area contributed by atoms with Crippen molar-refractivity contribution < 1.29 is 14.3 Å². The molecule has 2 aromatic carbocycles. The van der Waals surface area contributed by atoms with Crippen molar-refractivity contribution in [2.45, 2.75) is 26.4 Å². The number of amides is 1.